The highest BCUT2D eigenvalue weighted by Gasteiger charge is 2.49. The molecule has 3 unspecified atom stereocenters. The van der Waals surface area contributed by atoms with Gasteiger partial charge >= 0.3 is 5.97 Å². The Morgan fingerprint density at radius 2 is 2.28 bits per heavy atom. The molecule has 2 fully saturated rings. The molecule has 0 saturated carbocycles. The molecule has 0 spiro atoms. The van der Waals surface area contributed by atoms with Crippen LogP contribution in [-0.4, -0.2) is 28.1 Å². The summed E-state index contributed by atoms with van der Waals surface area (Å²) in [6.07, 6.45) is 2.88. The molecular weight excluding hydrogens is 366 g/mol. The van der Waals surface area contributed by atoms with Crippen molar-refractivity contribution in [3.8, 4) is 0 Å². The van der Waals surface area contributed by atoms with Gasteiger partial charge in [0.1, 0.15) is 5.76 Å². The molecule has 98 valence electrons. The van der Waals surface area contributed by atoms with Gasteiger partial charge in [0.15, 0.2) is 4.67 Å². The fourth-order valence-corrected chi connectivity index (χ4v) is 3.92. The van der Waals surface area contributed by atoms with Crippen LogP contribution in [0.15, 0.2) is 19.6 Å². The molecule has 0 radical (unpaired) electrons. The molecule has 1 aromatic heterocycles. The van der Waals surface area contributed by atoms with Crippen molar-refractivity contribution in [3.63, 3.8) is 0 Å². The molecule has 2 aliphatic rings. The molecule has 2 aliphatic heterocycles. The second-order valence-electron chi connectivity index (χ2n) is 4.99. The molecule has 0 aliphatic carbocycles. The number of aliphatic carboxylic acids is 1. The van der Waals surface area contributed by atoms with Gasteiger partial charge in [-0.2, -0.15) is 0 Å². The van der Waals surface area contributed by atoms with E-state index in [1.807, 2.05) is 6.07 Å². The smallest absolute Gasteiger partial charge is 0.308 e. The first-order valence-corrected chi connectivity index (χ1v) is 7.57. The number of rotatable bonds is 3. The highest BCUT2D eigenvalue weighted by Crippen LogP contribution is 2.43. The highest BCUT2D eigenvalue weighted by molar-refractivity contribution is 9.13. The van der Waals surface area contributed by atoms with Crippen molar-refractivity contribution >= 4 is 37.8 Å². The van der Waals surface area contributed by atoms with Crippen LogP contribution >= 0.6 is 31.9 Å². The van der Waals surface area contributed by atoms with E-state index in [4.69, 9.17) is 4.42 Å². The number of hydrogen-bond donors (Lipinski definition) is 1. The van der Waals surface area contributed by atoms with E-state index >= 15 is 0 Å². The van der Waals surface area contributed by atoms with Crippen molar-refractivity contribution < 1.29 is 14.3 Å². The van der Waals surface area contributed by atoms with Gasteiger partial charge in [-0.25, -0.2) is 0 Å². The number of carboxylic acids is 1. The largest absolute Gasteiger partial charge is 0.481 e. The molecule has 2 saturated heterocycles. The van der Waals surface area contributed by atoms with Gasteiger partial charge in [-0.05, 0) is 57.2 Å². The molecule has 4 nitrogen and oxygen atoms in total. The van der Waals surface area contributed by atoms with E-state index in [9.17, 15) is 9.90 Å². The summed E-state index contributed by atoms with van der Waals surface area (Å²) in [6.45, 7) is 0.698. The lowest BCUT2D eigenvalue weighted by Crippen LogP contribution is -2.32. The predicted octanol–water partition coefficient (Wildman–Crippen LogP) is 3.24. The molecular formula is C12H13Br2NO3. The lowest BCUT2D eigenvalue weighted by atomic mass is 9.89. The van der Waals surface area contributed by atoms with Gasteiger partial charge in [0.05, 0.1) is 16.9 Å². The van der Waals surface area contributed by atoms with Crippen LogP contribution in [0, 0.1) is 5.92 Å². The number of carboxylic acid groups (broad SMARTS) is 1. The fraction of sp³-hybridized carbons (Fsp3) is 0.583. The van der Waals surface area contributed by atoms with Crippen LogP contribution in [0.3, 0.4) is 0 Å². The fourth-order valence-electron chi connectivity index (χ4n) is 3.26. The zero-order valence-electron chi connectivity index (χ0n) is 9.60. The topological polar surface area (TPSA) is 53.7 Å². The minimum absolute atomic E-state index is 0.176. The Bertz CT molecular complexity index is 468. The third-order valence-corrected chi connectivity index (χ3v) is 5.74. The maximum absolute atomic E-state index is 11.2. The lowest BCUT2D eigenvalue weighted by molar-refractivity contribution is -0.142. The highest BCUT2D eigenvalue weighted by atomic mass is 79.9. The van der Waals surface area contributed by atoms with Crippen molar-refractivity contribution in [2.24, 2.45) is 5.92 Å². The number of hydrogen-bond acceptors (Lipinski definition) is 3. The van der Waals surface area contributed by atoms with Crippen LogP contribution in [-0.2, 0) is 11.3 Å². The molecule has 1 aromatic rings. The maximum Gasteiger partial charge on any atom is 0.308 e. The van der Waals surface area contributed by atoms with Gasteiger partial charge in [0, 0.05) is 12.1 Å². The zero-order valence-corrected chi connectivity index (χ0v) is 12.8. The van der Waals surface area contributed by atoms with Crippen LogP contribution in [0.4, 0.5) is 0 Å². The molecule has 3 atom stereocenters. The van der Waals surface area contributed by atoms with Crippen molar-refractivity contribution in [3.05, 3.63) is 21.0 Å². The average molecular weight is 379 g/mol. The molecule has 3 heterocycles. The summed E-state index contributed by atoms with van der Waals surface area (Å²) in [6, 6.07) is 2.52. The first-order valence-electron chi connectivity index (χ1n) is 5.98. The second-order valence-corrected chi connectivity index (χ2v) is 6.56. The second kappa shape index (κ2) is 4.65. The summed E-state index contributed by atoms with van der Waals surface area (Å²) in [4.78, 5) is 13.5. The Morgan fingerprint density at radius 3 is 2.83 bits per heavy atom. The quantitative estimate of drug-likeness (QED) is 0.877. The Hall–Kier alpha value is -0.330. The summed E-state index contributed by atoms with van der Waals surface area (Å²) >= 11 is 6.71. The average Bonchev–Trinajstić information content (AvgIpc) is 2.95. The summed E-state index contributed by atoms with van der Waals surface area (Å²) in [7, 11) is 0. The van der Waals surface area contributed by atoms with E-state index in [2.05, 4.69) is 36.8 Å². The van der Waals surface area contributed by atoms with E-state index < -0.39 is 5.97 Å². The van der Waals surface area contributed by atoms with Gasteiger partial charge < -0.3 is 9.52 Å². The third kappa shape index (κ3) is 2.04. The van der Waals surface area contributed by atoms with E-state index in [0.29, 0.717) is 17.3 Å². The first-order chi connectivity index (χ1) is 8.56. The molecule has 2 bridgehead atoms. The normalized spacial score (nSPS) is 31.1. The standard InChI is InChI=1S/C12H13Br2NO3/c13-9-4-7(18-11(9)14)5-15-6-1-2-10(15)8(3-6)12(16)17/h4,6,8,10H,1-3,5H2,(H,16,17). The third-order valence-electron chi connectivity index (χ3n) is 4.03. The van der Waals surface area contributed by atoms with Crippen LogP contribution in [0.1, 0.15) is 25.0 Å². The monoisotopic (exact) mass is 377 g/mol. The summed E-state index contributed by atoms with van der Waals surface area (Å²) < 4.78 is 7.17. The van der Waals surface area contributed by atoms with Crippen molar-refractivity contribution in [2.75, 3.05) is 0 Å². The first kappa shape index (κ1) is 12.7. The van der Waals surface area contributed by atoms with Gasteiger partial charge in [0.2, 0.25) is 0 Å². The molecule has 6 heteroatoms. The maximum atomic E-state index is 11.2. The molecule has 18 heavy (non-hydrogen) atoms. The van der Waals surface area contributed by atoms with E-state index in [1.165, 1.54) is 0 Å². The van der Waals surface area contributed by atoms with Crippen molar-refractivity contribution in [2.45, 2.75) is 37.9 Å². The number of carbonyl (C=O) groups is 1. The van der Waals surface area contributed by atoms with Crippen molar-refractivity contribution in [1.82, 2.24) is 4.90 Å². The summed E-state index contributed by atoms with van der Waals surface area (Å²) in [5.74, 6) is 0.0105. The van der Waals surface area contributed by atoms with Crippen LogP contribution < -0.4 is 0 Å². The Kier molecular flexibility index (Phi) is 3.28. The number of furan rings is 1. The van der Waals surface area contributed by atoms with Crippen LogP contribution in [0.5, 0.6) is 0 Å². The molecule has 0 amide bonds. The van der Waals surface area contributed by atoms with Crippen molar-refractivity contribution in [1.29, 1.82) is 0 Å². The molecule has 0 aromatic carbocycles. The Labute approximate surface area is 122 Å². The minimum atomic E-state index is -0.658. The van der Waals surface area contributed by atoms with E-state index in [1.54, 1.807) is 0 Å². The number of halogens is 2. The SMILES string of the molecule is O=C(O)C1CC2CCC1N2Cc1cc(Br)c(Br)o1. The summed E-state index contributed by atoms with van der Waals surface area (Å²) in [5.41, 5.74) is 0. The Morgan fingerprint density at radius 1 is 1.50 bits per heavy atom. The Balaban J connectivity index is 1.76. The number of fused-ring (bicyclic) bond motifs is 2. The lowest BCUT2D eigenvalue weighted by Gasteiger charge is -2.21. The van der Waals surface area contributed by atoms with Gasteiger partial charge in [-0.1, -0.05) is 0 Å². The molecule has 1 N–H and O–H groups in total. The van der Waals surface area contributed by atoms with Gasteiger partial charge in [-0.3, -0.25) is 9.69 Å². The van der Waals surface area contributed by atoms with Crippen LogP contribution in [0.2, 0.25) is 0 Å². The predicted molar refractivity (Wildman–Crippen MR) is 72.2 cm³/mol. The van der Waals surface area contributed by atoms with Gasteiger partial charge in [0.25, 0.3) is 0 Å². The minimum Gasteiger partial charge on any atom is -0.481 e. The van der Waals surface area contributed by atoms with E-state index in [-0.39, 0.29) is 12.0 Å². The zero-order chi connectivity index (χ0) is 12.9. The molecule has 3 rings (SSSR count). The van der Waals surface area contributed by atoms with E-state index in [0.717, 1.165) is 29.5 Å². The number of nitrogens with zero attached hydrogens (tertiary/aromatic N) is 1. The van der Waals surface area contributed by atoms with Crippen LogP contribution in [0.25, 0.3) is 0 Å². The van der Waals surface area contributed by atoms with Gasteiger partial charge in [-0.15, -0.1) is 0 Å². The summed E-state index contributed by atoms with van der Waals surface area (Å²) in [5, 5.41) is 9.20.